The van der Waals surface area contributed by atoms with Crippen molar-refractivity contribution in [1.82, 2.24) is 9.80 Å². The summed E-state index contributed by atoms with van der Waals surface area (Å²) in [4.78, 5) is 15.9. The molecule has 1 aliphatic rings. The Labute approximate surface area is 121 Å². The van der Waals surface area contributed by atoms with E-state index in [-0.39, 0.29) is 11.1 Å². The number of hydrogen-bond donors (Lipinski definition) is 0. The lowest BCUT2D eigenvalue weighted by atomic mass is 10.0. The van der Waals surface area contributed by atoms with Gasteiger partial charge in [-0.25, -0.2) is 0 Å². The van der Waals surface area contributed by atoms with Crippen molar-refractivity contribution in [3.05, 3.63) is 34.9 Å². The van der Waals surface area contributed by atoms with E-state index < -0.39 is 17.6 Å². The molecule has 1 saturated heterocycles. The summed E-state index contributed by atoms with van der Waals surface area (Å²) < 4.78 is 38.5. The van der Waals surface area contributed by atoms with Crippen molar-refractivity contribution in [2.75, 3.05) is 33.2 Å². The maximum Gasteiger partial charge on any atom is 0.416 e. The van der Waals surface area contributed by atoms with Gasteiger partial charge in [0.05, 0.1) is 5.56 Å². The fraction of sp³-hybridized carbons (Fsp3) is 0.400. The van der Waals surface area contributed by atoms with E-state index in [9.17, 15) is 18.0 Å². The van der Waals surface area contributed by atoms with Gasteiger partial charge in [0.25, 0.3) is 5.91 Å². The lowest BCUT2D eigenvalue weighted by Gasteiger charge is -2.32. The van der Waals surface area contributed by atoms with E-state index in [0.29, 0.717) is 26.2 Å². The molecule has 1 heterocycles. The maximum absolute atomic E-state index is 12.8. The molecule has 0 bridgehead atoms. The van der Waals surface area contributed by atoms with Gasteiger partial charge in [0.2, 0.25) is 0 Å². The number of rotatable bonds is 1. The Morgan fingerprint density at radius 3 is 2.33 bits per heavy atom. The van der Waals surface area contributed by atoms with Crippen LogP contribution < -0.4 is 0 Å². The second-order valence-electron chi connectivity index (χ2n) is 5.04. The molecule has 0 saturated carbocycles. The normalized spacial score (nSPS) is 16.6. The third-order valence-electron chi connectivity index (χ3n) is 3.46. The lowest BCUT2D eigenvalue weighted by Crippen LogP contribution is -2.47. The van der Waals surface area contributed by atoms with Crippen LogP contribution in [-0.4, -0.2) is 48.9 Å². The van der Waals surface area contributed by atoms with E-state index in [4.69, 9.17) is 6.42 Å². The SMILES string of the molecule is C#Cc1cc(C(=O)N2CCN(C)CC2)cc(C(F)(F)F)c1. The molecule has 1 fully saturated rings. The van der Waals surface area contributed by atoms with Crippen LogP contribution >= 0.6 is 0 Å². The van der Waals surface area contributed by atoms with Crippen molar-refractivity contribution >= 4 is 5.91 Å². The zero-order valence-electron chi connectivity index (χ0n) is 11.6. The minimum absolute atomic E-state index is 0.0117. The summed E-state index contributed by atoms with van der Waals surface area (Å²) in [7, 11) is 1.93. The molecular formula is C15H15F3N2O. The molecular weight excluding hydrogens is 281 g/mol. The first kappa shape index (κ1) is 15.4. The number of nitrogens with zero attached hydrogens (tertiary/aromatic N) is 2. The molecule has 1 aromatic carbocycles. The molecule has 6 heteroatoms. The van der Waals surface area contributed by atoms with Crippen molar-refractivity contribution in [2.24, 2.45) is 0 Å². The van der Waals surface area contributed by atoms with Crippen LogP contribution in [-0.2, 0) is 6.18 Å². The topological polar surface area (TPSA) is 23.6 Å². The summed E-state index contributed by atoms with van der Waals surface area (Å²) in [6, 6.07) is 3.07. The number of carbonyl (C=O) groups excluding carboxylic acids is 1. The fourth-order valence-electron chi connectivity index (χ4n) is 2.19. The summed E-state index contributed by atoms with van der Waals surface area (Å²) in [6.45, 7) is 2.40. The average molecular weight is 296 g/mol. The van der Waals surface area contributed by atoms with Crippen molar-refractivity contribution in [1.29, 1.82) is 0 Å². The van der Waals surface area contributed by atoms with E-state index >= 15 is 0 Å². The monoisotopic (exact) mass is 296 g/mol. The first-order chi connectivity index (χ1) is 9.81. The minimum atomic E-state index is -4.52. The lowest BCUT2D eigenvalue weighted by molar-refractivity contribution is -0.137. The Hall–Kier alpha value is -2.00. The molecule has 0 N–H and O–H groups in total. The fourth-order valence-corrected chi connectivity index (χ4v) is 2.19. The summed E-state index contributed by atoms with van der Waals surface area (Å²) >= 11 is 0. The van der Waals surface area contributed by atoms with Crippen molar-refractivity contribution in [2.45, 2.75) is 6.18 Å². The van der Waals surface area contributed by atoms with E-state index in [1.165, 1.54) is 6.07 Å². The van der Waals surface area contributed by atoms with E-state index in [1.54, 1.807) is 4.90 Å². The smallest absolute Gasteiger partial charge is 0.336 e. The molecule has 2 rings (SSSR count). The van der Waals surface area contributed by atoms with Crippen LogP contribution in [0.15, 0.2) is 18.2 Å². The second-order valence-corrected chi connectivity index (χ2v) is 5.04. The van der Waals surface area contributed by atoms with Gasteiger partial charge in [-0.2, -0.15) is 13.2 Å². The predicted octanol–water partition coefficient (Wildman–Crippen LogP) is 2.07. The second kappa shape index (κ2) is 5.78. The van der Waals surface area contributed by atoms with E-state index in [1.807, 2.05) is 7.05 Å². The Balaban J connectivity index is 2.31. The number of likely N-dealkylation sites (N-methyl/N-ethyl adjacent to an activating group) is 1. The Bertz CT molecular complexity index is 582. The number of terminal acetylenes is 1. The quantitative estimate of drug-likeness (QED) is 0.741. The zero-order chi connectivity index (χ0) is 15.6. The number of alkyl halides is 3. The number of piperazine rings is 1. The average Bonchev–Trinajstić information content (AvgIpc) is 2.46. The Morgan fingerprint density at radius 1 is 1.19 bits per heavy atom. The molecule has 1 aliphatic heterocycles. The molecule has 0 radical (unpaired) electrons. The molecule has 112 valence electrons. The first-order valence-corrected chi connectivity index (χ1v) is 6.48. The first-order valence-electron chi connectivity index (χ1n) is 6.48. The van der Waals surface area contributed by atoms with Gasteiger partial charge in [0.1, 0.15) is 0 Å². The summed E-state index contributed by atoms with van der Waals surface area (Å²) in [5.74, 6) is 1.75. The number of halogens is 3. The van der Waals surface area contributed by atoms with Crippen LogP contribution in [0, 0.1) is 12.3 Å². The summed E-state index contributed by atoms with van der Waals surface area (Å²) in [5.41, 5.74) is -0.847. The van der Waals surface area contributed by atoms with Crippen molar-refractivity contribution in [3.63, 3.8) is 0 Å². The highest BCUT2D eigenvalue weighted by molar-refractivity contribution is 5.95. The van der Waals surface area contributed by atoms with Crippen molar-refractivity contribution < 1.29 is 18.0 Å². The third kappa shape index (κ3) is 3.56. The van der Waals surface area contributed by atoms with Gasteiger partial charge < -0.3 is 9.80 Å². The highest BCUT2D eigenvalue weighted by Crippen LogP contribution is 2.31. The van der Waals surface area contributed by atoms with Gasteiger partial charge >= 0.3 is 6.18 Å². The standard InChI is InChI=1S/C15H15F3N2O/c1-3-11-8-12(10-13(9-11)15(16,17)18)14(21)20-6-4-19(2)5-7-20/h1,8-10H,4-7H2,2H3. The predicted molar refractivity (Wildman–Crippen MR) is 72.8 cm³/mol. The zero-order valence-corrected chi connectivity index (χ0v) is 11.6. The highest BCUT2D eigenvalue weighted by atomic mass is 19.4. The molecule has 21 heavy (non-hydrogen) atoms. The minimum Gasteiger partial charge on any atom is -0.336 e. The van der Waals surface area contributed by atoms with Gasteiger partial charge in [-0.15, -0.1) is 6.42 Å². The molecule has 0 aromatic heterocycles. The van der Waals surface area contributed by atoms with Crippen LogP contribution in [0.1, 0.15) is 21.5 Å². The molecule has 1 amide bonds. The van der Waals surface area contributed by atoms with E-state index in [0.717, 1.165) is 12.1 Å². The van der Waals surface area contributed by atoms with Gasteiger partial charge in [0, 0.05) is 37.3 Å². The summed E-state index contributed by atoms with van der Waals surface area (Å²) in [5, 5.41) is 0. The van der Waals surface area contributed by atoms with Crippen LogP contribution in [0.5, 0.6) is 0 Å². The van der Waals surface area contributed by atoms with Crippen LogP contribution in [0.4, 0.5) is 13.2 Å². The third-order valence-corrected chi connectivity index (χ3v) is 3.46. The van der Waals surface area contributed by atoms with Gasteiger partial charge in [-0.1, -0.05) is 5.92 Å². The molecule has 1 aromatic rings. The molecule has 0 unspecified atom stereocenters. The molecule has 3 nitrogen and oxygen atoms in total. The van der Waals surface area contributed by atoms with E-state index in [2.05, 4.69) is 10.8 Å². The molecule has 0 spiro atoms. The Morgan fingerprint density at radius 2 is 1.81 bits per heavy atom. The largest absolute Gasteiger partial charge is 0.416 e. The van der Waals surface area contributed by atoms with Gasteiger partial charge in [-0.3, -0.25) is 4.79 Å². The number of hydrogen-bond acceptors (Lipinski definition) is 2. The maximum atomic E-state index is 12.8. The van der Waals surface area contributed by atoms with Crippen molar-refractivity contribution in [3.8, 4) is 12.3 Å². The van der Waals surface area contributed by atoms with Crippen LogP contribution in [0.25, 0.3) is 0 Å². The molecule has 0 aliphatic carbocycles. The van der Waals surface area contributed by atoms with Gasteiger partial charge in [0.15, 0.2) is 0 Å². The van der Waals surface area contributed by atoms with Crippen LogP contribution in [0.2, 0.25) is 0 Å². The number of amides is 1. The summed E-state index contributed by atoms with van der Waals surface area (Å²) in [6.07, 6.45) is 0.655. The number of benzene rings is 1. The Kier molecular flexibility index (Phi) is 4.24. The number of carbonyl (C=O) groups is 1. The van der Waals surface area contributed by atoms with Crippen LogP contribution in [0.3, 0.4) is 0 Å². The van der Waals surface area contributed by atoms with Gasteiger partial charge in [-0.05, 0) is 25.2 Å². The molecule has 0 atom stereocenters. The highest BCUT2D eigenvalue weighted by Gasteiger charge is 2.32.